The smallest absolute Gasteiger partial charge is 0.258 e. The van der Waals surface area contributed by atoms with Gasteiger partial charge in [-0.3, -0.25) is 10.7 Å². The Bertz CT molecular complexity index is 1280. The number of hydrogen-bond donors (Lipinski definition) is 5. The van der Waals surface area contributed by atoms with Gasteiger partial charge in [0.05, 0.1) is 22.0 Å². The van der Waals surface area contributed by atoms with E-state index in [1.54, 1.807) is 24.3 Å². The number of hydroxylamine groups is 1. The molecule has 34 heavy (non-hydrogen) atoms. The molecule has 184 valence electrons. The molecule has 2 aromatic rings. The summed E-state index contributed by atoms with van der Waals surface area (Å²) < 4.78 is 53.6. The van der Waals surface area contributed by atoms with E-state index in [1.165, 1.54) is 24.3 Å². The molecule has 12 nitrogen and oxygen atoms in total. The van der Waals surface area contributed by atoms with Crippen molar-refractivity contribution in [2.24, 2.45) is 10.3 Å². The summed E-state index contributed by atoms with van der Waals surface area (Å²) in [4.78, 5) is 2.29. The standard InChI is InChI=1S/C20H26N6O6S2/c1-14-3-7-18(8-4-14)33(29,30)24-16-11-17(22-27)13-26(21-20(12-16)23-28)25-34(31,32)19-9-5-15(2)6-10-19/h3-10,16,24-25,27-28H,11-13H2,1-2H3,(H,21,23). The predicted octanol–water partition coefficient (Wildman–Crippen LogP) is 1.06. The predicted molar refractivity (Wildman–Crippen MR) is 124 cm³/mol. The Kier molecular flexibility index (Phi) is 7.89. The average Bonchev–Trinajstić information content (AvgIpc) is 2.76. The van der Waals surface area contributed by atoms with E-state index in [4.69, 9.17) is 0 Å². The summed E-state index contributed by atoms with van der Waals surface area (Å²) in [5.74, 6) is -0.111. The minimum Gasteiger partial charge on any atom is -0.411 e. The molecule has 3 rings (SSSR count). The highest BCUT2D eigenvalue weighted by Gasteiger charge is 2.28. The molecule has 0 aliphatic carbocycles. The normalized spacial score (nSPS) is 18.8. The molecule has 0 radical (unpaired) electrons. The maximum absolute atomic E-state index is 12.8. The zero-order chi connectivity index (χ0) is 24.9. The number of benzene rings is 2. The molecule has 5 N–H and O–H groups in total. The van der Waals surface area contributed by atoms with Crippen molar-refractivity contribution < 1.29 is 27.3 Å². The first-order chi connectivity index (χ1) is 16.0. The minimum atomic E-state index is -4.04. The number of amidine groups is 1. The van der Waals surface area contributed by atoms with Crippen LogP contribution in [-0.2, 0) is 20.0 Å². The topological polar surface area (TPSA) is 173 Å². The fourth-order valence-corrected chi connectivity index (χ4v) is 5.46. The zero-order valence-corrected chi connectivity index (χ0v) is 20.1. The van der Waals surface area contributed by atoms with E-state index in [9.17, 15) is 27.3 Å². The minimum absolute atomic E-state index is 0.0138. The van der Waals surface area contributed by atoms with Gasteiger partial charge in [-0.2, -0.15) is 0 Å². The van der Waals surface area contributed by atoms with Crippen molar-refractivity contribution in [3.63, 3.8) is 0 Å². The van der Waals surface area contributed by atoms with Crippen molar-refractivity contribution in [3.8, 4) is 0 Å². The molecule has 0 spiro atoms. The first-order valence-corrected chi connectivity index (χ1v) is 13.1. The lowest BCUT2D eigenvalue weighted by molar-refractivity contribution is 0.215. The third-order valence-electron chi connectivity index (χ3n) is 4.98. The van der Waals surface area contributed by atoms with Crippen molar-refractivity contribution in [1.29, 1.82) is 0 Å². The number of sulfonamides is 2. The van der Waals surface area contributed by atoms with Gasteiger partial charge in [0.15, 0.2) is 0 Å². The Labute approximate surface area is 198 Å². The number of hydrazone groups is 1. The van der Waals surface area contributed by atoms with E-state index < -0.39 is 26.1 Å². The van der Waals surface area contributed by atoms with E-state index in [0.717, 1.165) is 16.2 Å². The van der Waals surface area contributed by atoms with Crippen LogP contribution in [0.2, 0.25) is 0 Å². The van der Waals surface area contributed by atoms with Crippen LogP contribution < -0.4 is 15.0 Å². The summed E-state index contributed by atoms with van der Waals surface area (Å²) in [5.41, 5.74) is 3.70. The van der Waals surface area contributed by atoms with E-state index in [-0.39, 0.29) is 40.7 Å². The lowest BCUT2D eigenvalue weighted by Gasteiger charge is -2.27. The molecular weight excluding hydrogens is 484 g/mol. The zero-order valence-electron chi connectivity index (χ0n) is 18.5. The monoisotopic (exact) mass is 510 g/mol. The molecule has 0 saturated carbocycles. The lowest BCUT2D eigenvalue weighted by Crippen LogP contribution is -2.48. The molecule has 0 saturated heterocycles. The number of hydrazine groups is 1. The highest BCUT2D eigenvalue weighted by atomic mass is 32.2. The van der Waals surface area contributed by atoms with E-state index >= 15 is 0 Å². The largest absolute Gasteiger partial charge is 0.411 e. The van der Waals surface area contributed by atoms with Crippen LogP contribution in [-0.4, -0.2) is 56.5 Å². The molecule has 1 heterocycles. The van der Waals surface area contributed by atoms with Crippen molar-refractivity contribution >= 4 is 31.6 Å². The SMILES string of the molecule is Cc1ccc(S(=O)(=O)NC2CC(=NO)CN(NS(=O)(=O)c3ccc(C)cc3)N=C(NO)C2)cc1. The molecule has 1 aliphatic rings. The highest BCUT2D eigenvalue weighted by Crippen LogP contribution is 2.16. The Balaban J connectivity index is 1.84. The summed E-state index contributed by atoms with van der Waals surface area (Å²) in [6.07, 6.45) is -0.228. The van der Waals surface area contributed by atoms with Gasteiger partial charge in [-0.05, 0) is 38.1 Å². The average molecular weight is 511 g/mol. The van der Waals surface area contributed by atoms with Gasteiger partial charge < -0.3 is 5.21 Å². The van der Waals surface area contributed by atoms with E-state index in [2.05, 4.69) is 19.8 Å². The number of rotatable bonds is 6. The van der Waals surface area contributed by atoms with Gasteiger partial charge in [-0.25, -0.2) is 26.7 Å². The van der Waals surface area contributed by atoms with Crippen LogP contribution >= 0.6 is 0 Å². The summed E-state index contributed by atoms with van der Waals surface area (Å²) in [7, 11) is -7.96. The molecule has 2 aromatic carbocycles. The van der Waals surface area contributed by atoms with Gasteiger partial charge >= 0.3 is 0 Å². The number of nitrogens with one attached hydrogen (secondary N) is 3. The highest BCUT2D eigenvalue weighted by molar-refractivity contribution is 7.89. The van der Waals surface area contributed by atoms with Crippen molar-refractivity contribution in [1.82, 2.24) is 20.2 Å². The van der Waals surface area contributed by atoms with Gasteiger partial charge in [-0.15, -0.1) is 9.93 Å². The number of nitrogens with zero attached hydrogens (tertiary/aromatic N) is 3. The van der Waals surface area contributed by atoms with Crippen LogP contribution in [0.3, 0.4) is 0 Å². The summed E-state index contributed by atoms with van der Waals surface area (Å²) in [5, 5.41) is 27.1. The van der Waals surface area contributed by atoms with Gasteiger partial charge in [0.1, 0.15) is 5.84 Å². The second-order valence-corrected chi connectivity index (χ2v) is 11.2. The molecule has 0 aromatic heterocycles. The fraction of sp³-hybridized carbons (Fsp3) is 0.300. The molecule has 1 aliphatic heterocycles. The molecular formula is C20H26N6O6S2. The maximum atomic E-state index is 12.8. The van der Waals surface area contributed by atoms with Crippen molar-refractivity contribution in [2.45, 2.75) is 42.5 Å². The second kappa shape index (κ2) is 10.5. The van der Waals surface area contributed by atoms with Crippen LogP contribution in [0.4, 0.5) is 0 Å². The van der Waals surface area contributed by atoms with Crippen molar-refractivity contribution in [2.75, 3.05) is 6.54 Å². The third-order valence-corrected chi connectivity index (χ3v) is 7.86. The Hall–Kier alpha value is -3.04. The molecule has 1 atom stereocenters. The Morgan fingerprint density at radius 3 is 1.94 bits per heavy atom. The number of hydrogen-bond acceptors (Lipinski definition) is 10. The number of aryl methyl sites for hydroxylation is 2. The van der Waals surface area contributed by atoms with Crippen LogP contribution in [0, 0.1) is 13.8 Å². The van der Waals surface area contributed by atoms with Crippen LogP contribution in [0.1, 0.15) is 24.0 Å². The van der Waals surface area contributed by atoms with Crippen LogP contribution in [0.15, 0.2) is 68.6 Å². The van der Waals surface area contributed by atoms with Crippen LogP contribution in [0.5, 0.6) is 0 Å². The quantitative estimate of drug-likeness (QED) is 0.283. The Morgan fingerprint density at radius 2 is 1.44 bits per heavy atom. The van der Waals surface area contributed by atoms with Gasteiger partial charge in [0, 0.05) is 18.9 Å². The van der Waals surface area contributed by atoms with Gasteiger partial charge in [0.25, 0.3) is 10.0 Å². The van der Waals surface area contributed by atoms with Crippen LogP contribution in [0.25, 0.3) is 0 Å². The molecule has 14 heteroatoms. The first-order valence-electron chi connectivity index (χ1n) is 10.2. The van der Waals surface area contributed by atoms with E-state index in [0.29, 0.717) is 0 Å². The maximum Gasteiger partial charge on any atom is 0.258 e. The summed E-state index contributed by atoms with van der Waals surface area (Å²) in [6.45, 7) is 3.34. The molecule has 0 bridgehead atoms. The number of oxime groups is 1. The summed E-state index contributed by atoms with van der Waals surface area (Å²) in [6, 6.07) is 11.5. The van der Waals surface area contributed by atoms with E-state index in [1.807, 2.05) is 19.3 Å². The lowest BCUT2D eigenvalue weighted by atomic mass is 10.1. The fourth-order valence-electron chi connectivity index (χ4n) is 3.24. The first kappa shape index (κ1) is 25.6. The van der Waals surface area contributed by atoms with Crippen molar-refractivity contribution in [3.05, 3.63) is 59.7 Å². The molecule has 0 fully saturated rings. The van der Waals surface area contributed by atoms with Gasteiger partial charge in [-0.1, -0.05) is 40.5 Å². The third kappa shape index (κ3) is 6.51. The van der Waals surface area contributed by atoms with Gasteiger partial charge in [0.2, 0.25) is 10.0 Å². The molecule has 1 unspecified atom stereocenters. The molecule has 0 amide bonds. The summed E-state index contributed by atoms with van der Waals surface area (Å²) >= 11 is 0. The second-order valence-electron chi connectivity index (χ2n) is 7.83. The Morgan fingerprint density at radius 1 is 0.912 bits per heavy atom.